The topological polar surface area (TPSA) is 120 Å². The third-order valence-corrected chi connectivity index (χ3v) is 9.21. The number of hydrogen-bond donors (Lipinski definition) is 1. The molecule has 0 saturated heterocycles. The second kappa shape index (κ2) is 12.5. The normalized spacial score (nSPS) is 14.9. The first-order valence-corrected chi connectivity index (χ1v) is 15.5. The van der Waals surface area contributed by atoms with Crippen LogP contribution < -0.4 is 10.3 Å². The summed E-state index contributed by atoms with van der Waals surface area (Å²) in [7, 11) is -2.66. The molecule has 1 aromatic heterocycles. The minimum absolute atomic E-state index is 0.0319. The van der Waals surface area contributed by atoms with Crippen LogP contribution in [0.2, 0.25) is 5.02 Å². The van der Waals surface area contributed by atoms with E-state index in [9.17, 15) is 22.8 Å². The highest BCUT2D eigenvalue weighted by molar-refractivity contribution is 7.92. The molecular formula is C29H35ClN4O6S. The Morgan fingerprint density at radius 2 is 1.78 bits per heavy atom. The molecular weight excluding hydrogens is 568 g/mol. The molecule has 1 saturated carbocycles. The van der Waals surface area contributed by atoms with Crippen molar-refractivity contribution < 1.29 is 22.7 Å². The van der Waals surface area contributed by atoms with Gasteiger partial charge in [0.05, 0.1) is 26.9 Å². The minimum atomic E-state index is -4.31. The van der Waals surface area contributed by atoms with Gasteiger partial charge in [0.15, 0.2) is 6.10 Å². The highest BCUT2D eigenvalue weighted by Gasteiger charge is 2.31. The Hall–Kier alpha value is -3.57. The second-order valence-electron chi connectivity index (χ2n) is 10.1. The van der Waals surface area contributed by atoms with Crippen molar-refractivity contribution in [3.63, 3.8) is 0 Å². The van der Waals surface area contributed by atoms with Gasteiger partial charge in [-0.15, -0.1) is 0 Å². The van der Waals surface area contributed by atoms with Crippen LogP contribution in [0.25, 0.3) is 5.69 Å². The van der Waals surface area contributed by atoms with E-state index in [1.165, 1.54) is 23.7 Å². The van der Waals surface area contributed by atoms with Crippen molar-refractivity contribution in [1.82, 2.24) is 14.3 Å². The zero-order chi connectivity index (χ0) is 29.9. The lowest BCUT2D eigenvalue weighted by molar-refractivity contribution is -0.142. The van der Waals surface area contributed by atoms with E-state index in [1.54, 1.807) is 47.8 Å². The van der Waals surface area contributed by atoms with Crippen molar-refractivity contribution >= 4 is 39.2 Å². The summed E-state index contributed by atoms with van der Waals surface area (Å²) in [5, 5.41) is -0.0319. The number of benzene rings is 2. The molecule has 1 aliphatic rings. The summed E-state index contributed by atoms with van der Waals surface area (Å²) in [6.45, 7) is 5.51. The fraction of sp³-hybridized carbons (Fsp3) is 0.414. The van der Waals surface area contributed by atoms with Crippen LogP contribution in [0, 0.1) is 6.92 Å². The number of sulfonamides is 1. The number of anilines is 1. The molecule has 0 radical (unpaired) electrons. The molecule has 0 spiro atoms. The first-order valence-electron chi connectivity index (χ1n) is 13.6. The molecule has 2 aromatic carbocycles. The van der Waals surface area contributed by atoms with E-state index >= 15 is 0 Å². The standard InChI is InChI=1S/C29H35ClN4O6S/c1-5-33(21-12-8-6-9-13-21)27(35)20(3)40-29(37)24-18-23(16-17-25(24)30)41(38,39)31-26-19(2)32(4)34(28(26)36)22-14-10-7-11-15-22/h7,10-11,14-18,20-21,31H,5-6,8-9,12-13H2,1-4H3. The number of esters is 1. The Balaban J connectivity index is 1.56. The predicted octanol–water partition coefficient (Wildman–Crippen LogP) is 4.67. The van der Waals surface area contributed by atoms with Crippen LogP contribution in [0.15, 0.2) is 58.2 Å². The van der Waals surface area contributed by atoms with Gasteiger partial charge in [0.1, 0.15) is 5.69 Å². The highest BCUT2D eigenvalue weighted by Crippen LogP contribution is 2.26. The first kappa shape index (κ1) is 30.4. The summed E-state index contributed by atoms with van der Waals surface area (Å²) >= 11 is 6.25. The van der Waals surface area contributed by atoms with Crippen molar-refractivity contribution in [3.05, 3.63) is 75.2 Å². The van der Waals surface area contributed by atoms with Crippen molar-refractivity contribution in [2.45, 2.75) is 69.9 Å². The lowest BCUT2D eigenvalue weighted by atomic mass is 9.94. The van der Waals surface area contributed by atoms with Crippen molar-refractivity contribution in [1.29, 1.82) is 0 Å². The molecule has 3 aromatic rings. The quantitative estimate of drug-likeness (QED) is 0.356. The first-order chi connectivity index (χ1) is 19.5. The fourth-order valence-corrected chi connectivity index (χ4v) is 6.54. The fourth-order valence-electron chi connectivity index (χ4n) is 5.20. The number of amides is 1. The van der Waals surface area contributed by atoms with Crippen molar-refractivity contribution in [3.8, 4) is 5.69 Å². The number of ether oxygens (including phenoxy) is 1. The molecule has 1 aliphatic carbocycles. The molecule has 1 fully saturated rings. The SMILES string of the molecule is CCN(C(=O)C(C)OC(=O)c1cc(S(=O)(=O)Nc2c(C)n(C)n(-c3ccccc3)c2=O)ccc1Cl)C1CCCCC1. The Kier molecular flexibility index (Phi) is 9.28. The molecule has 1 N–H and O–H groups in total. The Morgan fingerprint density at radius 1 is 1.12 bits per heavy atom. The summed E-state index contributed by atoms with van der Waals surface area (Å²) in [4.78, 5) is 40.9. The number of para-hydroxylation sites is 1. The average molecular weight is 603 g/mol. The summed E-state index contributed by atoms with van der Waals surface area (Å²) in [5.41, 5.74) is 0.0678. The van der Waals surface area contributed by atoms with Gasteiger partial charge in [-0.05, 0) is 63.9 Å². The Morgan fingerprint density at radius 3 is 2.41 bits per heavy atom. The van der Waals surface area contributed by atoms with Gasteiger partial charge in [-0.25, -0.2) is 17.9 Å². The maximum atomic E-state index is 13.4. The largest absolute Gasteiger partial charge is 0.449 e. The second-order valence-corrected chi connectivity index (χ2v) is 12.2. The van der Waals surface area contributed by atoms with Crippen LogP contribution in [0.3, 0.4) is 0 Å². The molecule has 0 aliphatic heterocycles. The van der Waals surface area contributed by atoms with E-state index in [0.717, 1.165) is 38.2 Å². The maximum Gasteiger partial charge on any atom is 0.340 e. The number of aromatic nitrogens is 2. The molecule has 0 bridgehead atoms. The van der Waals surface area contributed by atoms with Gasteiger partial charge in [0, 0.05) is 19.6 Å². The van der Waals surface area contributed by atoms with E-state index < -0.39 is 27.7 Å². The third-order valence-electron chi connectivity index (χ3n) is 7.53. The molecule has 1 heterocycles. The van der Waals surface area contributed by atoms with E-state index in [1.807, 2.05) is 13.0 Å². The lowest BCUT2D eigenvalue weighted by Gasteiger charge is -2.35. The number of halogens is 1. The van der Waals surface area contributed by atoms with Crippen LogP contribution in [0.4, 0.5) is 5.69 Å². The van der Waals surface area contributed by atoms with Gasteiger partial charge in [0.2, 0.25) is 0 Å². The third kappa shape index (κ3) is 6.36. The van der Waals surface area contributed by atoms with Crippen LogP contribution >= 0.6 is 11.6 Å². The van der Waals surface area contributed by atoms with Crippen LogP contribution in [-0.4, -0.2) is 53.2 Å². The number of hydrogen-bond acceptors (Lipinski definition) is 6. The number of carbonyl (C=O) groups excluding carboxylic acids is 2. The number of likely N-dealkylation sites (N-methyl/N-ethyl adjacent to an activating group) is 1. The van der Waals surface area contributed by atoms with E-state index in [-0.39, 0.29) is 33.1 Å². The van der Waals surface area contributed by atoms with E-state index in [4.69, 9.17) is 16.3 Å². The number of rotatable bonds is 9. The molecule has 10 nitrogen and oxygen atoms in total. The number of nitrogens with one attached hydrogen (secondary N) is 1. The van der Waals surface area contributed by atoms with E-state index in [0.29, 0.717) is 17.9 Å². The molecule has 41 heavy (non-hydrogen) atoms. The summed E-state index contributed by atoms with van der Waals surface area (Å²) in [6.07, 6.45) is 3.99. The van der Waals surface area contributed by atoms with E-state index in [2.05, 4.69) is 4.72 Å². The predicted molar refractivity (Wildman–Crippen MR) is 157 cm³/mol. The molecule has 220 valence electrons. The van der Waals surface area contributed by atoms with Gasteiger partial charge in [-0.1, -0.05) is 49.1 Å². The smallest absolute Gasteiger partial charge is 0.340 e. The highest BCUT2D eigenvalue weighted by atomic mass is 35.5. The van der Waals surface area contributed by atoms with Gasteiger partial charge in [-0.3, -0.25) is 19.0 Å². The van der Waals surface area contributed by atoms with Crippen molar-refractivity contribution in [2.24, 2.45) is 7.05 Å². The van der Waals surface area contributed by atoms with Crippen LogP contribution in [0.5, 0.6) is 0 Å². The summed E-state index contributed by atoms with van der Waals surface area (Å²) in [6, 6.07) is 12.5. The Bertz CT molecular complexity index is 1590. The monoisotopic (exact) mass is 602 g/mol. The average Bonchev–Trinajstić information content (AvgIpc) is 3.16. The molecule has 12 heteroatoms. The van der Waals surface area contributed by atoms with Crippen LogP contribution in [-0.2, 0) is 26.6 Å². The van der Waals surface area contributed by atoms with Gasteiger partial charge < -0.3 is 9.64 Å². The van der Waals surface area contributed by atoms with Crippen molar-refractivity contribution in [2.75, 3.05) is 11.3 Å². The minimum Gasteiger partial charge on any atom is -0.449 e. The van der Waals surface area contributed by atoms with Gasteiger partial charge in [-0.2, -0.15) is 0 Å². The Labute approximate surface area is 244 Å². The summed E-state index contributed by atoms with van der Waals surface area (Å²) in [5.74, 6) is -1.22. The lowest BCUT2D eigenvalue weighted by Crippen LogP contribution is -2.46. The molecule has 4 rings (SSSR count). The zero-order valence-corrected chi connectivity index (χ0v) is 25.2. The molecule has 1 atom stereocenters. The number of nitrogens with zero attached hydrogens (tertiary/aromatic N) is 3. The van der Waals surface area contributed by atoms with Gasteiger partial charge >= 0.3 is 5.97 Å². The zero-order valence-electron chi connectivity index (χ0n) is 23.6. The van der Waals surface area contributed by atoms with Crippen LogP contribution in [0.1, 0.15) is 62.0 Å². The number of carbonyl (C=O) groups is 2. The molecule has 1 unspecified atom stereocenters. The summed E-state index contributed by atoms with van der Waals surface area (Å²) < 4.78 is 37.4. The van der Waals surface area contributed by atoms with Gasteiger partial charge in [0.25, 0.3) is 21.5 Å². The maximum absolute atomic E-state index is 13.4. The molecule has 1 amide bonds.